The number of hydrogen-bond donors (Lipinski definition) is 0. The fourth-order valence-corrected chi connectivity index (χ4v) is 2.92. The van der Waals surface area contributed by atoms with Crippen LogP contribution in [0, 0.1) is 11.6 Å². The molecule has 1 aliphatic heterocycles. The number of alkyl halides is 1. The summed E-state index contributed by atoms with van der Waals surface area (Å²) in [7, 11) is 3.72. The molecule has 0 N–H and O–H groups in total. The molecule has 150 valence electrons. The summed E-state index contributed by atoms with van der Waals surface area (Å²) >= 11 is 0. The summed E-state index contributed by atoms with van der Waals surface area (Å²) in [5, 5.41) is 0. The van der Waals surface area contributed by atoms with Gasteiger partial charge in [0.15, 0.2) is 0 Å². The first-order chi connectivity index (χ1) is 12.7. The monoisotopic (exact) mass is 388 g/mol. The number of ether oxygens (including phenoxy) is 2. The Balaban J connectivity index is 2.21. The van der Waals surface area contributed by atoms with Crippen LogP contribution in [0.1, 0.15) is 17.3 Å². The summed E-state index contributed by atoms with van der Waals surface area (Å²) in [6.45, 7) is 2.77. The van der Waals surface area contributed by atoms with E-state index in [4.69, 9.17) is 4.74 Å². The third-order valence-electron chi connectivity index (χ3n) is 4.05. The molecule has 2 atom stereocenters. The highest BCUT2D eigenvalue weighted by atomic mass is 19.1. The molecule has 1 heterocycles. The molecule has 0 amide bonds. The van der Waals surface area contributed by atoms with Gasteiger partial charge in [-0.2, -0.15) is 0 Å². The Morgan fingerprint density at radius 3 is 2.52 bits per heavy atom. The van der Waals surface area contributed by atoms with Gasteiger partial charge >= 0.3 is 5.97 Å². The van der Waals surface area contributed by atoms with Gasteiger partial charge in [-0.05, 0) is 33.2 Å². The van der Waals surface area contributed by atoms with Crippen LogP contribution in [0.5, 0.6) is 0 Å². The zero-order valence-corrected chi connectivity index (χ0v) is 15.5. The minimum atomic E-state index is -2.62. The van der Waals surface area contributed by atoms with Crippen molar-refractivity contribution >= 4 is 17.4 Å². The maximum Gasteiger partial charge on any atom is 0.348 e. The van der Waals surface area contributed by atoms with Crippen molar-refractivity contribution < 1.29 is 32.2 Å². The van der Waals surface area contributed by atoms with Crippen LogP contribution in [0.25, 0.3) is 0 Å². The second kappa shape index (κ2) is 9.18. The van der Waals surface area contributed by atoms with Crippen LogP contribution in [-0.4, -0.2) is 75.9 Å². The lowest BCUT2D eigenvalue weighted by molar-refractivity contribution is -0.147. The SMILES string of the molecule is CCOC(=O)C(F)C(=O)c1cc(F)c(N2CCOC(CN(C)C)C2)c(F)c1. The lowest BCUT2D eigenvalue weighted by Gasteiger charge is -2.36. The highest BCUT2D eigenvalue weighted by Gasteiger charge is 2.31. The Hall–Kier alpha value is -2.13. The number of ketones is 1. The van der Waals surface area contributed by atoms with Gasteiger partial charge < -0.3 is 19.3 Å². The predicted octanol–water partition coefficient (Wildman–Crippen LogP) is 1.82. The number of halogens is 3. The summed E-state index contributed by atoms with van der Waals surface area (Å²) in [6, 6.07) is 1.48. The molecular weight excluding hydrogens is 365 g/mol. The lowest BCUT2D eigenvalue weighted by Crippen LogP contribution is -2.47. The average Bonchev–Trinajstić information content (AvgIpc) is 2.59. The second-order valence-corrected chi connectivity index (χ2v) is 6.47. The summed E-state index contributed by atoms with van der Waals surface area (Å²) in [5.41, 5.74) is -0.863. The zero-order chi connectivity index (χ0) is 20.1. The molecule has 6 nitrogen and oxygen atoms in total. The van der Waals surface area contributed by atoms with Crippen molar-refractivity contribution in [2.75, 3.05) is 51.8 Å². The van der Waals surface area contributed by atoms with Crippen molar-refractivity contribution in [3.05, 3.63) is 29.3 Å². The molecule has 9 heteroatoms. The van der Waals surface area contributed by atoms with E-state index in [0.717, 1.165) is 12.1 Å². The zero-order valence-electron chi connectivity index (χ0n) is 15.5. The average molecular weight is 388 g/mol. The molecule has 1 aromatic rings. The minimum absolute atomic E-state index is 0.112. The van der Waals surface area contributed by atoms with E-state index in [1.165, 1.54) is 11.8 Å². The maximum atomic E-state index is 14.5. The van der Waals surface area contributed by atoms with Crippen LogP contribution in [0.3, 0.4) is 0 Å². The quantitative estimate of drug-likeness (QED) is 0.404. The summed E-state index contributed by atoms with van der Waals surface area (Å²) in [5.74, 6) is -4.72. The molecule has 0 aromatic heterocycles. The number of rotatable bonds is 7. The van der Waals surface area contributed by atoms with Crippen LogP contribution in [0.15, 0.2) is 12.1 Å². The molecule has 0 radical (unpaired) electrons. The topological polar surface area (TPSA) is 59.1 Å². The second-order valence-electron chi connectivity index (χ2n) is 6.47. The van der Waals surface area contributed by atoms with Crippen LogP contribution < -0.4 is 4.90 Å². The van der Waals surface area contributed by atoms with E-state index in [1.54, 1.807) is 0 Å². The fourth-order valence-electron chi connectivity index (χ4n) is 2.92. The molecule has 27 heavy (non-hydrogen) atoms. The van der Waals surface area contributed by atoms with E-state index in [-0.39, 0.29) is 31.5 Å². The largest absolute Gasteiger partial charge is 0.463 e. The molecule has 0 saturated carbocycles. The molecule has 1 saturated heterocycles. The van der Waals surface area contributed by atoms with Crippen LogP contribution in [0.2, 0.25) is 0 Å². The van der Waals surface area contributed by atoms with Crippen molar-refractivity contribution in [2.24, 2.45) is 0 Å². The molecule has 1 aromatic carbocycles. The van der Waals surface area contributed by atoms with E-state index in [9.17, 15) is 22.8 Å². The Morgan fingerprint density at radius 2 is 1.96 bits per heavy atom. The first-order valence-electron chi connectivity index (χ1n) is 8.59. The Kier molecular flexibility index (Phi) is 7.20. The van der Waals surface area contributed by atoms with Gasteiger partial charge in [-0.1, -0.05) is 0 Å². The number of hydrogen-bond acceptors (Lipinski definition) is 6. The first kappa shape index (κ1) is 21.2. The van der Waals surface area contributed by atoms with Gasteiger partial charge in [-0.15, -0.1) is 0 Å². The van der Waals surface area contributed by atoms with Gasteiger partial charge in [0.05, 0.1) is 19.3 Å². The van der Waals surface area contributed by atoms with Gasteiger partial charge in [0.25, 0.3) is 6.17 Å². The fraction of sp³-hybridized carbons (Fsp3) is 0.556. The van der Waals surface area contributed by atoms with Crippen LogP contribution >= 0.6 is 0 Å². The van der Waals surface area contributed by atoms with Crippen molar-refractivity contribution in [1.29, 1.82) is 0 Å². The number of carbonyl (C=O) groups excluding carboxylic acids is 2. The smallest absolute Gasteiger partial charge is 0.348 e. The normalized spacial score (nSPS) is 18.5. The number of morpholine rings is 1. The van der Waals surface area contributed by atoms with E-state index in [0.29, 0.717) is 13.2 Å². The van der Waals surface area contributed by atoms with E-state index in [2.05, 4.69) is 4.74 Å². The molecule has 0 bridgehead atoms. The molecule has 1 fully saturated rings. The van der Waals surface area contributed by atoms with Gasteiger partial charge in [-0.3, -0.25) is 4.79 Å². The third kappa shape index (κ3) is 5.20. The number of benzene rings is 1. The van der Waals surface area contributed by atoms with Crippen molar-refractivity contribution in [3.63, 3.8) is 0 Å². The number of nitrogens with zero attached hydrogens (tertiary/aromatic N) is 2. The predicted molar refractivity (Wildman–Crippen MR) is 92.7 cm³/mol. The van der Waals surface area contributed by atoms with Gasteiger partial charge in [0, 0.05) is 25.2 Å². The maximum absolute atomic E-state index is 14.5. The highest BCUT2D eigenvalue weighted by Crippen LogP contribution is 2.27. The summed E-state index contributed by atoms with van der Waals surface area (Å²) in [4.78, 5) is 26.7. The summed E-state index contributed by atoms with van der Waals surface area (Å²) in [6.07, 6.45) is -2.85. The lowest BCUT2D eigenvalue weighted by atomic mass is 10.0. The summed E-state index contributed by atoms with van der Waals surface area (Å²) < 4.78 is 52.9. The number of likely N-dealkylation sites (N-methyl/N-ethyl adjacent to an activating group) is 1. The Labute approximate surface area is 155 Å². The number of anilines is 1. The van der Waals surface area contributed by atoms with Crippen LogP contribution in [-0.2, 0) is 14.3 Å². The minimum Gasteiger partial charge on any atom is -0.463 e. The number of esters is 1. The molecule has 0 aliphatic carbocycles. The molecule has 1 aliphatic rings. The van der Waals surface area contributed by atoms with E-state index >= 15 is 0 Å². The van der Waals surface area contributed by atoms with Crippen molar-refractivity contribution in [3.8, 4) is 0 Å². The van der Waals surface area contributed by atoms with E-state index < -0.39 is 35.1 Å². The van der Waals surface area contributed by atoms with Gasteiger partial charge in [-0.25, -0.2) is 18.0 Å². The molecule has 0 spiro atoms. The number of Topliss-reactive ketones (excluding diaryl/α,β-unsaturated/α-hetero) is 1. The van der Waals surface area contributed by atoms with Gasteiger partial charge in [0.1, 0.15) is 17.3 Å². The molecule has 2 unspecified atom stereocenters. The molecule has 2 rings (SSSR count). The Bertz CT molecular complexity index is 676. The molecular formula is C18H23F3N2O4. The van der Waals surface area contributed by atoms with E-state index in [1.807, 2.05) is 19.0 Å². The van der Waals surface area contributed by atoms with Crippen molar-refractivity contribution in [2.45, 2.75) is 19.2 Å². The van der Waals surface area contributed by atoms with Gasteiger partial charge in [0.2, 0.25) is 5.78 Å². The first-order valence-corrected chi connectivity index (χ1v) is 8.59. The Morgan fingerprint density at radius 1 is 1.33 bits per heavy atom. The highest BCUT2D eigenvalue weighted by molar-refractivity contribution is 6.11. The van der Waals surface area contributed by atoms with Crippen molar-refractivity contribution in [1.82, 2.24) is 4.90 Å². The standard InChI is InChI=1S/C18H23F3N2O4/c1-4-26-18(25)15(21)17(24)11-7-13(19)16(14(20)8-11)23-5-6-27-12(10-23)9-22(2)3/h7-8,12,15H,4-6,9-10H2,1-3H3. The third-order valence-corrected chi connectivity index (χ3v) is 4.05. The van der Waals surface area contributed by atoms with Crippen LogP contribution in [0.4, 0.5) is 18.9 Å². The number of carbonyl (C=O) groups is 2.